The Labute approximate surface area is 85.8 Å². The fourth-order valence-electron chi connectivity index (χ4n) is 1.87. The monoisotopic (exact) mass is 193 g/mol. The molecule has 0 bridgehead atoms. The highest BCUT2D eigenvalue weighted by atomic mass is 16.3. The summed E-state index contributed by atoms with van der Waals surface area (Å²) >= 11 is 0. The van der Waals surface area contributed by atoms with Crippen molar-refractivity contribution < 1.29 is 5.11 Å². The first-order valence-corrected chi connectivity index (χ1v) is 5.15. The van der Waals surface area contributed by atoms with Crippen LogP contribution in [0.15, 0.2) is 30.3 Å². The smallest absolute Gasteiger partial charge is 0.0540 e. The molecule has 2 nitrogen and oxygen atoms in total. The summed E-state index contributed by atoms with van der Waals surface area (Å²) in [6.45, 7) is 2.74. The largest absolute Gasteiger partial charge is 0.395 e. The van der Waals surface area contributed by atoms with Crippen molar-refractivity contribution in [2.75, 3.05) is 13.2 Å². The lowest BCUT2D eigenvalue weighted by Gasteiger charge is -2.30. The fourth-order valence-corrected chi connectivity index (χ4v) is 1.87. The molecule has 2 heteroatoms. The number of hydrogen-bond acceptors (Lipinski definition) is 2. The molecule has 1 atom stereocenters. The van der Waals surface area contributed by atoms with Crippen LogP contribution in [0.4, 0.5) is 0 Å². The molecule has 0 spiro atoms. The summed E-state index contributed by atoms with van der Waals surface area (Å²) in [5, 5.41) is 9.48. The van der Waals surface area contributed by atoms with Gasteiger partial charge in [0.05, 0.1) is 6.61 Å². The maximum absolute atomic E-state index is 9.48. The lowest BCUT2D eigenvalue weighted by atomic mass is 9.77. The van der Waals surface area contributed by atoms with Gasteiger partial charge in [0.25, 0.3) is 0 Å². The Morgan fingerprint density at radius 1 is 1.29 bits per heavy atom. The van der Waals surface area contributed by atoms with Crippen LogP contribution in [0.2, 0.25) is 0 Å². The first kappa shape index (κ1) is 11.2. The van der Waals surface area contributed by atoms with Crippen LogP contribution in [0, 0.1) is 0 Å². The lowest BCUT2D eigenvalue weighted by molar-refractivity contribution is 0.187. The Balaban J connectivity index is 2.98. The van der Waals surface area contributed by atoms with Crippen molar-refractivity contribution in [1.29, 1.82) is 0 Å². The molecule has 1 unspecified atom stereocenters. The number of benzene rings is 1. The van der Waals surface area contributed by atoms with E-state index in [0.717, 1.165) is 18.4 Å². The van der Waals surface area contributed by atoms with Crippen molar-refractivity contribution in [3.8, 4) is 0 Å². The van der Waals surface area contributed by atoms with E-state index >= 15 is 0 Å². The SMILES string of the molecule is CCCC(CN)(CO)c1ccccc1. The molecule has 0 aliphatic carbocycles. The first-order valence-electron chi connectivity index (χ1n) is 5.15. The number of nitrogens with two attached hydrogens (primary N) is 1. The van der Waals surface area contributed by atoms with Gasteiger partial charge in [0, 0.05) is 12.0 Å². The minimum atomic E-state index is -0.240. The molecular weight excluding hydrogens is 174 g/mol. The van der Waals surface area contributed by atoms with Crippen molar-refractivity contribution in [2.45, 2.75) is 25.2 Å². The topological polar surface area (TPSA) is 46.2 Å². The highest BCUT2D eigenvalue weighted by Gasteiger charge is 2.28. The minimum Gasteiger partial charge on any atom is -0.395 e. The number of hydrogen-bond donors (Lipinski definition) is 2. The van der Waals surface area contributed by atoms with Gasteiger partial charge in [0.15, 0.2) is 0 Å². The summed E-state index contributed by atoms with van der Waals surface area (Å²) in [6, 6.07) is 10.0. The molecule has 1 aromatic rings. The van der Waals surface area contributed by atoms with Crippen molar-refractivity contribution >= 4 is 0 Å². The van der Waals surface area contributed by atoms with E-state index in [2.05, 4.69) is 6.92 Å². The molecule has 0 heterocycles. The van der Waals surface area contributed by atoms with E-state index in [0.29, 0.717) is 6.54 Å². The van der Waals surface area contributed by atoms with Gasteiger partial charge in [-0.1, -0.05) is 43.7 Å². The van der Waals surface area contributed by atoms with Crippen LogP contribution in [0.5, 0.6) is 0 Å². The zero-order valence-corrected chi connectivity index (χ0v) is 8.74. The third kappa shape index (κ3) is 2.14. The summed E-state index contributed by atoms with van der Waals surface area (Å²) in [6.07, 6.45) is 1.97. The molecule has 1 rings (SSSR count). The van der Waals surface area contributed by atoms with Crippen molar-refractivity contribution in [3.63, 3.8) is 0 Å². The zero-order valence-electron chi connectivity index (χ0n) is 8.74. The number of rotatable bonds is 5. The van der Waals surface area contributed by atoms with Crippen molar-refractivity contribution in [1.82, 2.24) is 0 Å². The van der Waals surface area contributed by atoms with Crippen molar-refractivity contribution in [3.05, 3.63) is 35.9 Å². The van der Waals surface area contributed by atoms with Gasteiger partial charge in [-0.15, -0.1) is 0 Å². The summed E-state index contributed by atoms with van der Waals surface area (Å²) in [7, 11) is 0. The Hall–Kier alpha value is -0.860. The molecule has 3 N–H and O–H groups in total. The molecule has 0 aliphatic rings. The van der Waals surface area contributed by atoms with Gasteiger partial charge in [-0.25, -0.2) is 0 Å². The third-order valence-electron chi connectivity index (χ3n) is 2.81. The van der Waals surface area contributed by atoms with E-state index in [9.17, 15) is 5.11 Å². The van der Waals surface area contributed by atoms with E-state index in [1.807, 2.05) is 30.3 Å². The molecule has 0 amide bonds. The second-order valence-electron chi connectivity index (χ2n) is 3.76. The van der Waals surface area contributed by atoms with Crippen LogP contribution < -0.4 is 5.73 Å². The Bertz CT molecular complexity index is 254. The van der Waals surface area contributed by atoms with E-state index < -0.39 is 0 Å². The molecular formula is C12H19NO. The van der Waals surface area contributed by atoms with E-state index in [4.69, 9.17) is 5.73 Å². The predicted molar refractivity (Wildman–Crippen MR) is 59.2 cm³/mol. The third-order valence-corrected chi connectivity index (χ3v) is 2.81. The summed E-state index contributed by atoms with van der Waals surface area (Å²) < 4.78 is 0. The average Bonchev–Trinajstić information content (AvgIpc) is 2.27. The predicted octanol–water partition coefficient (Wildman–Crippen LogP) is 1.68. The van der Waals surface area contributed by atoms with Gasteiger partial charge in [0.1, 0.15) is 0 Å². The van der Waals surface area contributed by atoms with Crippen molar-refractivity contribution in [2.24, 2.45) is 5.73 Å². The normalized spacial score (nSPS) is 15.1. The molecule has 78 valence electrons. The van der Waals surface area contributed by atoms with Gasteiger partial charge < -0.3 is 10.8 Å². The van der Waals surface area contributed by atoms with Crippen LogP contribution in [-0.4, -0.2) is 18.3 Å². The standard InChI is InChI=1S/C12H19NO/c1-2-8-12(9-13,10-14)11-6-4-3-5-7-11/h3-7,14H,2,8-10,13H2,1H3. The molecule has 14 heavy (non-hydrogen) atoms. The molecule has 1 aromatic carbocycles. The van der Waals surface area contributed by atoms with Crippen LogP contribution in [0.25, 0.3) is 0 Å². The molecule has 0 saturated carbocycles. The molecule has 0 aromatic heterocycles. The van der Waals surface area contributed by atoms with Crippen LogP contribution in [-0.2, 0) is 5.41 Å². The van der Waals surface area contributed by atoms with E-state index in [-0.39, 0.29) is 12.0 Å². The Morgan fingerprint density at radius 3 is 2.36 bits per heavy atom. The molecule has 0 radical (unpaired) electrons. The van der Waals surface area contributed by atoms with E-state index in [1.54, 1.807) is 0 Å². The summed E-state index contributed by atoms with van der Waals surface area (Å²) in [5.74, 6) is 0. The molecule has 0 aliphatic heterocycles. The zero-order chi connectivity index (χ0) is 10.4. The van der Waals surface area contributed by atoms with Gasteiger partial charge >= 0.3 is 0 Å². The van der Waals surface area contributed by atoms with Gasteiger partial charge in [-0.2, -0.15) is 0 Å². The highest BCUT2D eigenvalue weighted by molar-refractivity contribution is 5.26. The number of aliphatic hydroxyl groups excluding tert-OH is 1. The molecule has 0 saturated heterocycles. The van der Waals surface area contributed by atoms with Gasteiger partial charge in [-0.3, -0.25) is 0 Å². The Kier molecular flexibility index (Phi) is 4.11. The van der Waals surface area contributed by atoms with Gasteiger partial charge in [0.2, 0.25) is 0 Å². The van der Waals surface area contributed by atoms with Crippen LogP contribution >= 0.6 is 0 Å². The second-order valence-corrected chi connectivity index (χ2v) is 3.76. The second kappa shape index (κ2) is 5.13. The maximum Gasteiger partial charge on any atom is 0.0540 e. The maximum atomic E-state index is 9.48. The number of aliphatic hydroxyl groups is 1. The highest BCUT2D eigenvalue weighted by Crippen LogP contribution is 2.27. The quantitative estimate of drug-likeness (QED) is 0.747. The first-order chi connectivity index (χ1) is 6.79. The van der Waals surface area contributed by atoms with Crippen LogP contribution in [0.1, 0.15) is 25.3 Å². The Morgan fingerprint density at radius 2 is 1.93 bits per heavy atom. The fraction of sp³-hybridized carbons (Fsp3) is 0.500. The summed E-state index contributed by atoms with van der Waals surface area (Å²) in [5.41, 5.74) is 6.68. The molecule has 0 fully saturated rings. The van der Waals surface area contributed by atoms with E-state index in [1.165, 1.54) is 0 Å². The minimum absolute atomic E-state index is 0.126. The summed E-state index contributed by atoms with van der Waals surface area (Å²) in [4.78, 5) is 0. The van der Waals surface area contributed by atoms with Gasteiger partial charge in [-0.05, 0) is 12.0 Å². The van der Waals surface area contributed by atoms with Crippen LogP contribution in [0.3, 0.4) is 0 Å². The lowest BCUT2D eigenvalue weighted by Crippen LogP contribution is -2.38. The average molecular weight is 193 g/mol.